The van der Waals surface area contributed by atoms with Crippen molar-refractivity contribution in [1.82, 2.24) is 8.61 Å². The van der Waals surface area contributed by atoms with Gasteiger partial charge in [0.05, 0.1) is 0 Å². The van der Waals surface area contributed by atoms with Gasteiger partial charge in [0.15, 0.2) is 0 Å². The smallest absolute Gasteiger partial charge is 0.282 e. The Balaban J connectivity index is 2.10. The van der Waals surface area contributed by atoms with E-state index in [0.717, 1.165) is 22.9 Å². The van der Waals surface area contributed by atoms with Crippen molar-refractivity contribution in [3.8, 4) is 0 Å². The predicted octanol–water partition coefficient (Wildman–Crippen LogP) is 1.83. The molecule has 7 heteroatoms. The molecule has 1 heterocycles. The molecule has 1 aliphatic heterocycles. The van der Waals surface area contributed by atoms with Crippen molar-refractivity contribution in [1.29, 1.82) is 0 Å². The van der Waals surface area contributed by atoms with Crippen LogP contribution in [0.15, 0.2) is 28.7 Å². The minimum Gasteiger partial charge on any atom is -0.396 e. The van der Waals surface area contributed by atoms with Crippen LogP contribution in [0.5, 0.6) is 0 Å². The summed E-state index contributed by atoms with van der Waals surface area (Å²) in [6, 6.07) is 7.60. The average molecular weight is 377 g/mol. The highest BCUT2D eigenvalue weighted by Gasteiger charge is 2.31. The molecule has 0 radical (unpaired) electrons. The van der Waals surface area contributed by atoms with Crippen LogP contribution in [-0.4, -0.2) is 48.9 Å². The molecule has 118 valence electrons. The summed E-state index contributed by atoms with van der Waals surface area (Å²) in [5, 5.41) is 9.24. The largest absolute Gasteiger partial charge is 0.396 e. The topological polar surface area (TPSA) is 60.9 Å². The molecule has 0 amide bonds. The molecule has 2 rings (SSSR count). The van der Waals surface area contributed by atoms with E-state index in [1.807, 2.05) is 24.3 Å². The lowest BCUT2D eigenvalue weighted by atomic mass is 10.0. The highest BCUT2D eigenvalue weighted by atomic mass is 79.9. The maximum atomic E-state index is 12.6. The summed E-state index contributed by atoms with van der Waals surface area (Å²) >= 11 is 3.44. The van der Waals surface area contributed by atoms with Gasteiger partial charge < -0.3 is 5.11 Å². The van der Waals surface area contributed by atoms with E-state index in [9.17, 15) is 13.5 Å². The van der Waals surface area contributed by atoms with Gasteiger partial charge in [-0.1, -0.05) is 34.1 Å². The number of hydrogen-bond acceptors (Lipinski definition) is 3. The van der Waals surface area contributed by atoms with Crippen molar-refractivity contribution in [2.45, 2.75) is 19.4 Å². The molecule has 0 spiro atoms. The van der Waals surface area contributed by atoms with Gasteiger partial charge in [0.25, 0.3) is 10.2 Å². The van der Waals surface area contributed by atoms with E-state index in [4.69, 9.17) is 0 Å². The summed E-state index contributed by atoms with van der Waals surface area (Å²) in [5.41, 5.74) is 0.930. The predicted molar refractivity (Wildman–Crippen MR) is 85.9 cm³/mol. The third-order valence-corrected chi connectivity index (χ3v) is 6.49. The molecule has 1 fully saturated rings. The summed E-state index contributed by atoms with van der Waals surface area (Å²) in [7, 11) is -1.89. The minimum absolute atomic E-state index is 0.0416. The van der Waals surface area contributed by atoms with Gasteiger partial charge in [-0.05, 0) is 30.4 Å². The Morgan fingerprint density at radius 3 is 2.81 bits per heavy atom. The molecular formula is C14H21BrN2O3S. The molecule has 0 bridgehead atoms. The van der Waals surface area contributed by atoms with E-state index >= 15 is 0 Å². The van der Waals surface area contributed by atoms with E-state index in [1.165, 1.54) is 8.61 Å². The highest BCUT2D eigenvalue weighted by molar-refractivity contribution is 9.10. The van der Waals surface area contributed by atoms with Crippen LogP contribution in [0.25, 0.3) is 0 Å². The first-order valence-electron chi connectivity index (χ1n) is 7.01. The molecule has 0 aliphatic carbocycles. The van der Waals surface area contributed by atoms with Crippen LogP contribution in [0.3, 0.4) is 0 Å². The summed E-state index contributed by atoms with van der Waals surface area (Å²) in [6.07, 6.45) is 1.68. The average Bonchev–Trinajstić information content (AvgIpc) is 2.49. The van der Waals surface area contributed by atoms with Gasteiger partial charge in [0.2, 0.25) is 0 Å². The molecule has 0 aromatic heterocycles. The third-order valence-electron chi connectivity index (χ3n) is 3.81. The van der Waals surface area contributed by atoms with Gasteiger partial charge in [-0.25, -0.2) is 0 Å². The number of benzene rings is 1. The molecule has 1 N–H and O–H groups in total. The Bertz CT molecular complexity index is 579. The molecular weight excluding hydrogens is 356 g/mol. The second-order valence-electron chi connectivity index (χ2n) is 5.40. The zero-order valence-electron chi connectivity index (χ0n) is 12.1. The van der Waals surface area contributed by atoms with E-state index in [2.05, 4.69) is 15.9 Å². The van der Waals surface area contributed by atoms with Gasteiger partial charge in [0, 0.05) is 37.8 Å². The van der Waals surface area contributed by atoms with Crippen LogP contribution in [0, 0.1) is 5.92 Å². The molecule has 5 nitrogen and oxygen atoms in total. The standard InChI is InChI=1S/C14H21BrN2O3S/c1-16(10-13-6-2-3-7-14(13)15)21(19,20)17-8-4-5-12(9-17)11-18/h2-3,6-7,12,18H,4-5,8-11H2,1H3. The number of aliphatic hydroxyl groups is 1. The lowest BCUT2D eigenvalue weighted by Crippen LogP contribution is -2.47. The van der Waals surface area contributed by atoms with Gasteiger partial charge in [0.1, 0.15) is 0 Å². The number of rotatable bonds is 5. The number of aliphatic hydroxyl groups excluding tert-OH is 1. The Kier molecular flexibility index (Phi) is 5.79. The summed E-state index contributed by atoms with van der Waals surface area (Å²) in [6.45, 7) is 1.29. The van der Waals surface area contributed by atoms with Gasteiger partial charge in [-0.15, -0.1) is 0 Å². The van der Waals surface area contributed by atoms with Crippen molar-refractivity contribution in [2.75, 3.05) is 26.7 Å². The first kappa shape index (κ1) is 16.9. The van der Waals surface area contributed by atoms with E-state index in [-0.39, 0.29) is 12.5 Å². The van der Waals surface area contributed by atoms with Crippen LogP contribution in [0.4, 0.5) is 0 Å². The zero-order chi connectivity index (χ0) is 15.5. The van der Waals surface area contributed by atoms with Crippen molar-refractivity contribution >= 4 is 26.1 Å². The quantitative estimate of drug-likeness (QED) is 0.852. The van der Waals surface area contributed by atoms with Crippen LogP contribution in [-0.2, 0) is 16.8 Å². The molecule has 21 heavy (non-hydrogen) atoms. The van der Waals surface area contributed by atoms with Crippen LogP contribution in [0.1, 0.15) is 18.4 Å². The summed E-state index contributed by atoms with van der Waals surface area (Å²) < 4.78 is 29.0. The fourth-order valence-corrected chi connectivity index (χ4v) is 4.40. The molecule has 1 aliphatic rings. The molecule has 1 atom stereocenters. The first-order valence-corrected chi connectivity index (χ1v) is 9.20. The van der Waals surface area contributed by atoms with E-state index in [0.29, 0.717) is 19.6 Å². The van der Waals surface area contributed by atoms with Crippen LogP contribution >= 0.6 is 15.9 Å². The monoisotopic (exact) mass is 376 g/mol. The summed E-state index contributed by atoms with van der Waals surface area (Å²) in [4.78, 5) is 0. The fourth-order valence-electron chi connectivity index (χ4n) is 2.53. The Labute approximate surface area is 134 Å². The van der Waals surface area contributed by atoms with Gasteiger partial charge in [-0.3, -0.25) is 0 Å². The highest BCUT2D eigenvalue weighted by Crippen LogP contribution is 2.23. The number of nitrogens with zero attached hydrogens (tertiary/aromatic N) is 2. The first-order chi connectivity index (χ1) is 9.95. The fraction of sp³-hybridized carbons (Fsp3) is 0.571. The third kappa shape index (κ3) is 4.04. The van der Waals surface area contributed by atoms with Crippen molar-refractivity contribution in [3.05, 3.63) is 34.3 Å². The second kappa shape index (κ2) is 7.19. The Morgan fingerprint density at radius 1 is 1.43 bits per heavy atom. The Morgan fingerprint density at radius 2 is 2.14 bits per heavy atom. The zero-order valence-corrected chi connectivity index (χ0v) is 14.5. The maximum Gasteiger partial charge on any atom is 0.282 e. The molecule has 0 saturated carbocycles. The molecule has 1 aromatic carbocycles. The number of piperidine rings is 1. The van der Waals surface area contributed by atoms with E-state index in [1.54, 1.807) is 7.05 Å². The maximum absolute atomic E-state index is 12.6. The normalized spacial score (nSPS) is 20.9. The van der Waals surface area contributed by atoms with Crippen molar-refractivity contribution in [2.24, 2.45) is 5.92 Å². The van der Waals surface area contributed by atoms with Gasteiger partial charge in [-0.2, -0.15) is 17.0 Å². The van der Waals surface area contributed by atoms with Crippen molar-refractivity contribution in [3.63, 3.8) is 0 Å². The summed E-state index contributed by atoms with van der Waals surface area (Å²) in [5.74, 6) is 0.0467. The lowest BCUT2D eigenvalue weighted by molar-refractivity contribution is 0.161. The second-order valence-corrected chi connectivity index (χ2v) is 8.29. The van der Waals surface area contributed by atoms with Crippen LogP contribution in [0.2, 0.25) is 0 Å². The molecule has 1 aromatic rings. The molecule has 1 saturated heterocycles. The lowest BCUT2D eigenvalue weighted by Gasteiger charge is -2.33. The van der Waals surface area contributed by atoms with Gasteiger partial charge >= 0.3 is 0 Å². The number of hydrogen-bond donors (Lipinski definition) is 1. The van der Waals surface area contributed by atoms with Crippen LogP contribution < -0.4 is 0 Å². The molecule has 1 unspecified atom stereocenters. The van der Waals surface area contributed by atoms with E-state index < -0.39 is 10.2 Å². The Hall–Kier alpha value is -0.470. The minimum atomic E-state index is -3.49. The number of halogens is 1. The SMILES string of the molecule is CN(Cc1ccccc1Br)S(=O)(=O)N1CCCC(CO)C1. The van der Waals surface area contributed by atoms with Crippen molar-refractivity contribution < 1.29 is 13.5 Å².